The molecule has 0 aliphatic heterocycles. The lowest BCUT2D eigenvalue weighted by molar-refractivity contribution is -0.136. The fourth-order valence-corrected chi connectivity index (χ4v) is 4.74. The minimum absolute atomic E-state index is 0.0257. The van der Waals surface area contributed by atoms with Crippen molar-refractivity contribution in [2.45, 2.75) is 69.2 Å². The highest BCUT2D eigenvalue weighted by atomic mass is 32.2. The number of rotatable bonds is 9. The molecule has 1 aromatic carbocycles. The fourth-order valence-electron chi connectivity index (χ4n) is 3.82. The van der Waals surface area contributed by atoms with Gasteiger partial charge in [0.2, 0.25) is 0 Å². The predicted octanol–water partition coefficient (Wildman–Crippen LogP) is 3.97. The predicted molar refractivity (Wildman–Crippen MR) is 104 cm³/mol. The smallest absolute Gasteiger partial charge is 0.316 e. The summed E-state index contributed by atoms with van der Waals surface area (Å²) in [5.41, 5.74) is 0.508. The molecule has 1 saturated carbocycles. The third-order valence-corrected chi connectivity index (χ3v) is 6.72. The van der Waals surface area contributed by atoms with Gasteiger partial charge in [-0.2, -0.15) is 0 Å². The van der Waals surface area contributed by atoms with Gasteiger partial charge < -0.3 is 15.2 Å². The van der Waals surface area contributed by atoms with Crippen LogP contribution in [-0.2, 0) is 9.53 Å². The Morgan fingerprint density at radius 2 is 1.96 bits per heavy atom. The van der Waals surface area contributed by atoms with Crippen LogP contribution in [0.3, 0.4) is 0 Å². The molecule has 0 heterocycles. The van der Waals surface area contributed by atoms with E-state index < -0.39 is 11.2 Å². The van der Waals surface area contributed by atoms with Crippen LogP contribution in [0.25, 0.3) is 0 Å². The molecule has 0 spiro atoms. The van der Waals surface area contributed by atoms with Crippen molar-refractivity contribution in [3.05, 3.63) is 29.8 Å². The van der Waals surface area contributed by atoms with Gasteiger partial charge in [-0.1, -0.05) is 26.0 Å². The van der Waals surface area contributed by atoms with Gasteiger partial charge in [-0.25, -0.2) is 0 Å². The molecule has 1 fully saturated rings. The summed E-state index contributed by atoms with van der Waals surface area (Å²) in [7, 11) is 0. The van der Waals surface area contributed by atoms with Crippen LogP contribution >= 0.6 is 11.8 Å². The number of amides is 1. The molecule has 6 heteroatoms. The van der Waals surface area contributed by atoms with E-state index in [0.29, 0.717) is 17.1 Å². The zero-order valence-electron chi connectivity index (χ0n) is 16.0. The van der Waals surface area contributed by atoms with E-state index in [0.717, 1.165) is 19.3 Å². The average Bonchev–Trinajstić information content (AvgIpc) is 2.62. The molecular weight excluding hydrogens is 350 g/mol. The van der Waals surface area contributed by atoms with E-state index in [1.54, 1.807) is 25.1 Å². The van der Waals surface area contributed by atoms with Gasteiger partial charge in [-0.3, -0.25) is 9.59 Å². The number of carbonyl (C=O) groups is 2. The second-order valence-electron chi connectivity index (χ2n) is 6.74. The van der Waals surface area contributed by atoms with Gasteiger partial charge >= 0.3 is 5.97 Å². The highest BCUT2D eigenvalue weighted by molar-refractivity contribution is 8.00. The fraction of sp³-hybridized carbons (Fsp3) is 0.600. The van der Waals surface area contributed by atoms with Gasteiger partial charge in [-0.15, -0.1) is 11.8 Å². The van der Waals surface area contributed by atoms with Crippen LogP contribution in [0.2, 0.25) is 0 Å². The molecule has 1 aromatic rings. The van der Waals surface area contributed by atoms with Crippen LogP contribution in [0.5, 0.6) is 0 Å². The van der Waals surface area contributed by atoms with Crippen LogP contribution in [0.1, 0.15) is 57.3 Å². The summed E-state index contributed by atoms with van der Waals surface area (Å²) in [4.78, 5) is 24.7. The van der Waals surface area contributed by atoms with Crippen LogP contribution in [-0.4, -0.2) is 41.0 Å². The Hall–Kier alpha value is -1.53. The zero-order chi connectivity index (χ0) is 19.3. The highest BCUT2D eigenvalue weighted by Crippen LogP contribution is 2.49. The Kier molecular flexibility index (Phi) is 7.12. The van der Waals surface area contributed by atoms with E-state index in [2.05, 4.69) is 19.2 Å². The topological polar surface area (TPSA) is 75.6 Å². The molecule has 1 aliphatic carbocycles. The number of carboxylic acids is 1. The minimum Gasteiger partial charge on any atom is -0.480 e. The molecule has 144 valence electrons. The molecular formula is C20H29NO4S. The molecule has 26 heavy (non-hydrogen) atoms. The molecule has 3 atom stereocenters. The van der Waals surface area contributed by atoms with Gasteiger partial charge in [0, 0.05) is 23.0 Å². The quantitative estimate of drug-likeness (QED) is 0.635. The lowest BCUT2D eigenvalue weighted by Crippen LogP contribution is -2.64. The number of thioether (sulfide) groups is 1. The standard InChI is InChI=1S/C20H29NO4S/c1-5-20(6-2)16(12-17(20)25-7-3)21-18(22)14-10-8-9-11-15(14)26-13(4)19(23)24/h8-11,13,16-17H,5-7,12H2,1-4H3,(H,21,22)(H,23,24). The Bertz CT molecular complexity index is 644. The molecule has 0 bridgehead atoms. The maximum absolute atomic E-state index is 12.9. The van der Waals surface area contributed by atoms with Crippen LogP contribution < -0.4 is 5.32 Å². The van der Waals surface area contributed by atoms with E-state index in [1.807, 2.05) is 13.0 Å². The maximum atomic E-state index is 12.9. The van der Waals surface area contributed by atoms with Crippen molar-refractivity contribution in [3.8, 4) is 0 Å². The molecule has 0 radical (unpaired) electrons. The summed E-state index contributed by atoms with van der Waals surface area (Å²) in [6.45, 7) is 8.59. The number of hydrogen-bond acceptors (Lipinski definition) is 4. The first-order valence-electron chi connectivity index (χ1n) is 9.30. The largest absolute Gasteiger partial charge is 0.480 e. The van der Waals surface area contributed by atoms with Crippen molar-refractivity contribution in [1.29, 1.82) is 0 Å². The van der Waals surface area contributed by atoms with Crippen molar-refractivity contribution in [3.63, 3.8) is 0 Å². The second kappa shape index (κ2) is 8.91. The summed E-state index contributed by atoms with van der Waals surface area (Å²) >= 11 is 1.19. The van der Waals surface area contributed by atoms with Gasteiger partial charge in [0.1, 0.15) is 5.25 Å². The van der Waals surface area contributed by atoms with Crippen LogP contribution in [0.15, 0.2) is 29.2 Å². The lowest BCUT2D eigenvalue weighted by atomic mass is 9.58. The average molecular weight is 380 g/mol. The van der Waals surface area contributed by atoms with E-state index in [1.165, 1.54) is 11.8 Å². The molecule has 1 aliphatic rings. The second-order valence-corrected chi connectivity index (χ2v) is 8.12. The molecule has 0 aromatic heterocycles. The Balaban J connectivity index is 2.14. The molecule has 3 unspecified atom stereocenters. The Morgan fingerprint density at radius 1 is 1.31 bits per heavy atom. The van der Waals surface area contributed by atoms with Crippen molar-refractivity contribution in [1.82, 2.24) is 5.32 Å². The number of nitrogens with one attached hydrogen (secondary N) is 1. The maximum Gasteiger partial charge on any atom is 0.316 e. The van der Waals surface area contributed by atoms with E-state index in [9.17, 15) is 9.59 Å². The third kappa shape index (κ3) is 4.07. The number of hydrogen-bond donors (Lipinski definition) is 2. The summed E-state index contributed by atoms with van der Waals surface area (Å²) in [5.74, 6) is -1.03. The minimum atomic E-state index is -0.889. The number of aliphatic carboxylic acids is 1. The van der Waals surface area contributed by atoms with Crippen LogP contribution in [0.4, 0.5) is 0 Å². The SMILES string of the molecule is CCOC1CC(NC(=O)c2ccccc2SC(C)C(=O)O)C1(CC)CC. The van der Waals surface area contributed by atoms with Crippen molar-refractivity contribution in [2.75, 3.05) is 6.61 Å². The zero-order valence-corrected chi connectivity index (χ0v) is 16.8. The van der Waals surface area contributed by atoms with Gasteiger partial charge in [0.05, 0.1) is 11.7 Å². The van der Waals surface area contributed by atoms with Crippen molar-refractivity contribution < 1.29 is 19.4 Å². The normalized spacial score (nSPS) is 22.3. The van der Waals surface area contributed by atoms with Gasteiger partial charge in [0.25, 0.3) is 5.91 Å². The summed E-state index contributed by atoms with van der Waals surface area (Å²) in [6, 6.07) is 7.27. The molecule has 2 N–H and O–H groups in total. The Labute approximate surface area is 159 Å². The van der Waals surface area contributed by atoms with E-state index in [4.69, 9.17) is 9.84 Å². The Morgan fingerprint density at radius 3 is 2.54 bits per heavy atom. The number of carbonyl (C=O) groups excluding carboxylic acids is 1. The highest BCUT2D eigenvalue weighted by Gasteiger charge is 2.53. The number of carboxylic acid groups (broad SMARTS) is 1. The van der Waals surface area contributed by atoms with Crippen molar-refractivity contribution >= 4 is 23.6 Å². The van der Waals surface area contributed by atoms with Crippen molar-refractivity contribution in [2.24, 2.45) is 5.41 Å². The molecule has 5 nitrogen and oxygen atoms in total. The summed E-state index contributed by atoms with van der Waals surface area (Å²) in [6.07, 6.45) is 2.91. The summed E-state index contributed by atoms with van der Waals surface area (Å²) < 4.78 is 5.88. The van der Waals surface area contributed by atoms with Gasteiger partial charge in [0.15, 0.2) is 0 Å². The number of benzene rings is 1. The first-order valence-corrected chi connectivity index (χ1v) is 10.2. The molecule has 2 rings (SSSR count). The van der Waals surface area contributed by atoms with Crippen LogP contribution in [0, 0.1) is 5.41 Å². The monoisotopic (exact) mass is 379 g/mol. The summed E-state index contributed by atoms with van der Waals surface area (Å²) in [5, 5.41) is 11.7. The first kappa shape index (κ1) is 20.8. The first-order chi connectivity index (χ1) is 12.4. The molecule has 1 amide bonds. The lowest BCUT2D eigenvalue weighted by Gasteiger charge is -2.55. The molecule has 0 saturated heterocycles. The van der Waals surface area contributed by atoms with Gasteiger partial charge in [-0.05, 0) is 45.2 Å². The van der Waals surface area contributed by atoms with E-state index in [-0.39, 0.29) is 23.5 Å². The number of ether oxygens (including phenoxy) is 1. The third-order valence-electron chi connectivity index (χ3n) is 5.56. The van der Waals surface area contributed by atoms with E-state index >= 15 is 0 Å².